The number of aryl methyl sites for hydroxylation is 2. The maximum absolute atomic E-state index is 13.3. The number of carbonyl (C=O) groups is 2. The van der Waals surface area contributed by atoms with Gasteiger partial charge in [-0.2, -0.15) is 0 Å². The number of amides is 1. The first-order valence-corrected chi connectivity index (χ1v) is 12.9. The third-order valence-electron chi connectivity index (χ3n) is 6.40. The lowest BCUT2D eigenvalue weighted by Crippen LogP contribution is -2.43. The van der Waals surface area contributed by atoms with E-state index >= 15 is 0 Å². The summed E-state index contributed by atoms with van der Waals surface area (Å²) in [5.74, 6) is -2.25. The van der Waals surface area contributed by atoms with E-state index in [9.17, 15) is 23.5 Å². The Kier molecular flexibility index (Phi) is 11.7. The van der Waals surface area contributed by atoms with Crippen LogP contribution in [0.5, 0.6) is 0 Å². The fourth-order valence-corrected chi connectivity index (χ4v) is 4.24. The predicted octanol–water partition coefficient (Wildman–Crippen LogP) is 3.76. The molecule has 0 bridgehead atoms. The highest BCUT2D eigenvalue weighted by Gasteiger charge is 2.22. The molecule has 1 aliphatic heterocycles. The van der Waals surface area contributed by atoms with Crippen LogP contribution in [0.4, 0.5) is 19.4 Å². The SMILES string of the molecule is COCCN(CCCCc1ccc2c(n1)NCCC2)CCC(NC(=O)OCc1ccc(F)c(F)c1)C(=O)O. The number of nitrogens with one attached hydrogen (secondary N) is 2. The number of aliphatic carboxylic acids is 1. The molecule has 2 aromatic rings. The molecule has 11 heteroatoms. The average molecular weight is 535 g/mol. The smallest absolute Gasteiger partial charge is 0.408 e. The molecule has 1 aromatic carbocycles. The van der Waals surface area contributed by atoms with Gasteiger partial charge in [-0.05, 0) is 74.4 Å². The number of rotatable bonds is 15. The number of benzene rings is 1. The molecule has 2 heterocycles. The van der Waals surface area contributed by atoms with Crippen molar-refractivity contribution in [2.24, 2.45) is 0 Å². The molecule has 0 saturated carbocycles. The number of hydrogen-bond donors (Lipinski definition) is 3. The summed E-state index contributed by atoms with van der Waals surface area (Å²) in [6, 6.07) is 6.21. The highest BCUT2D eigenvalue weighted by Crippen LogP contribution is 2.20. The van der Waals surface area contributed by atoms with E-state index in [2.05, 4.69) is 27.7 Å². The lowest BCUT2D eigenvalue weighted by atomic mass is 10.1. The summed E-state index contributed by atoms with van der Waals surface area (Å²) < 4.78 is 36.5. The number of unbranched alkanes of at least 4 members (excludes halogenated alkanes) is 1. The first-order valence-electron chi connectivity index (χ1n) is 12.9. The summed E-state index contributed by atoms with van der Waals surface area (Å²) in [5, 5.41) is 15.3. The van der Waals surface area contributed by atoms with Crippen molar-refractivity contribution in [3.63, 3.8) is 0 Å². The summed E-state index contributed by atoms with van der Waals surface area (Å²) in [6.07, 6.45) is 4.10. The second-order valence-electron chi connectivity index (χ2n) is 9.28. The fraction of sp³-hybridized carbons (Fsp3) is 0.519. The van der Waals surface area contributed by atoms with Gasteiger partial charge in [0, 0.05) is 32.4 Å². The number of methoxy groups -OCH3 is 1. The summed E-state index contributed by atoms with van der Waals surface area (Å²) in [7, 11) is 1.61. The number of aromatic nitrogens is 1. The molecule has 0 saturated heterocycles. The van der Waals surface area contributed by atoms with Gasteiger partial charge in [0.25, 0.3) is 0 Å². The number of fused-ring (bicyclic) bond motifs is 1. The number of hydrogen-bond acceptors (Lipinski definition) is 7. The largest absolute Gasteiger partial charge is 0.480 e. The third-order valence-corrected chi connectivity index (χ3v) is 6.40. The highest BCUT2D eigenvalue weighted by molar-refractivity contribution is 5.79. The van der Waals surface area contributed by atoms with E-state index in [1.54, 1.807) is 7.11 Å². The Labute approximate surface area is 221 Å². The van der Waals surface area contributed by atoms with Crippen LogP contribution >= 0.6 is 0 Å². The van der Waals surface area contributed by atoms with Crippen LogP contribution in [0, 0.1) is 11.6 Å². The third kappa shape index (κ3) is 9.53. The lowest BCUT2D eigenvalue weighted by Gasteiger charge is -2.24. The lowest BCUT2D eigenvalue weighted by molar-refractivity contribution is -0.139. The zero-order valence-electron chi connectivity index (χ0n) is 21.7. The Hall–Kier alpha value is -3.31. The molecule has 9 nitrogen and oxygen atoms in total. The van der Waals surface area contributed by atoms with E-state index in [4.69, 9.17) is 14.5 Å². The Balaban J connectivity index is 1.43. The number of pyridine rings is 1. The maximum atomic E-state index is 13.3. The van der Waals surface area contributed by atoms with Gasteiger partial charge >= 0.3 is 12.1 Å². The van der Waals surface area contributed by atoms with Crippen LogP contribution < -0.4 is 10.6 Å². The molecule has 1 amide bonds. The van der Waals surface area contributed by atoms with Gasteiger partial charge in [-0.3, -0.25) is 0 Å². The van der Waals surface area contributed by atoms with Gasteiger partial charge in [0.05, 0.1) is 6.61 Å². The Morgan fingerprint density at radius 1 is 1.16 bits per heavy atom. The number of nitrogens with zero attached hydrogens (tertiary/aromatic N) is 2. The minimum absolute atomic E-state index is 0.164. The standard InChI is InChI=1S/C27H36F2N4O5/c1-37-16-15-33(13-3-2-6-21-9-8-20-5-4-12-30-25(20)31-21)14-11-24(26(34)35)32-27(36)38-18-19-7-10-22(28)23(29)17-19/h7-10,17,24H,2-6,11-16,18H2,1H3,(H,30,31)(H,32,36)(H,34,35). The molecule has 3 N–H and O–H groups in total. The van der Waals surface area contributed by atoms with Crippen molar-refractivity contribution in [3.8, 4) is 0 Å². The second-order valence-corrected chi connectivity index (χ2v) is 9.28. The van der Waals surface area contributed by atoms with Gasteiger partial charge in [-0.15, -0.1) is 0 Å². The monoisotopic (exact) mass is 534 g/mol. The number of alkyl carbamates (subject to hydrolysis) is 1. The molecule has 1 aliphatic rings. The van der Waals surface area contributed by atoms with Crippen molar-refractivity contribution in [1.82, 2.24) is 15.2 Å². The molecule has 1 aromatic heterocycles. The van der Waals surface area contributed by atoms with Crippen molar-refractivity contribution in [1.29, 1.82) is 0 Å². The van der Waals surface area contributed by atoms with E-state index in [0.717, 1.165) is 68.8 Å². The summed E-state index contributed by atoms with van der Waals surface area (Å²) in [5.41, 5.74) is 2.57. The van der Waals surface area contributed by atoms with E-state index in [1.807, 2.05) is 0 Å². The van der Waals surface area contributed by atoms with Crippen LogP contribution in [-0.2, 0) is 33.7 Å². The van der Waals surface area contributed by atoms with E-state index in [1.165, 1.54) is 11.6 Å². The van der Waals surface area contributed by atoms with Crippen LogP contribution in [-0.4, -0.2) is 73.0 Å². The number of carbonyl (C=O) groups excluding carboxylic acids is 1. The second kappa shape index (κ2) is 15.2. The van der Waals surface area contributed by atoms with Gasteiger partial charge in [0.1, 0.15) is 18.5 Å². The van der Waals surface area contributed by atoms with Crippen LogP contribution in [0.25, 0.3) is 0 Å². The molecule has 38 heavy (non-hydrogen) atoms. The number of carboxylic acid groups (broad SMARTS) is 1. The summed E-state index contributed by atoms with van der Waals surface area (Å²) in [6.45, 7) is 2.95. The summed E-state index contributed by atoms with van der Waals surface area (Å²) >= 11 is 0. The van der Waals surface area contributed by atoms with Crippen molar-refractivity contribution >= 4 is 17.9 Å². The topological polar surface area (TPSA) is 113 Å². The van der Waals surface area contributed by atoms with Crippen molar-refractivity contribution < 1.29 is 33.0 Å². The van der Waals surface area contributed by atoms with Crippen LogP contribution in [0.1, 0.15) is 42.5 Å². The normalized spacial score (nSPS) is 13.5. The maximum Gasteiger partial charge on any atom is 0.408 e. The first kappa shape index (κ1) is 29.2. The molecule has 0 radical (unpaired) electrons. The van der Waals surface area contributed by atoms with Gasteiger partial charge in [0.15, 0.2) is 11.6 Å². The van der Waals surface area contributed by atoms with E-state index in [-0.39, 0.29) is 18.6 Å². The fourth-order valence-electron chi connectivity index (χ4n) is 4.24. The number of halogens is 2. The van der Waals surface area contributed by atoms with Gasteiger partial charge in [-0.25, -0.2) is 23.4 Å². The van der Waals surface area contributed by atoms with Crippen LogP contribution in [0.2, 0.25) is 0 Å². The quantitative estimate of drug-likeness (QED) is 0.296. The van der Waals surface area contributed by atoms with Crippen LogP contribution in [0.15, 0.2) is 30.3 Å². The Morgan fingerprint density at radius 3 is 2.76 bits per heavy atom. The van der Waals surface area contributed by atoms with Crippen molar-refractivity contribution in [3.05, 3.63) is 58.8 Å². The zero-order chi connectivity index (χ0) is 27.3. The first-order chi connectivity index (χ1) is 18.4. The minimum Gasteiger partial charge on any atom is -0.480 e. The molecule has 3 rings (SSSR count). The molecule has 1 atom stereocenters. The van der Waals surface area contributed by atoms with Gasteiger partial charge in [-0.1, -0.05) is 12.1 Å². The molecular weight excluding hydrogens is 498 g/mol. The van der Waals surface area contributed by atoms with E-state index < -0.39 is 29.7 Å². The van der Waals surface area contributed by atoms with Gasteiger partial charge in [0.2, 0.25) is 0 Å². The van der Waals surface area contributed by atoms with Crippen molar-refractivity contribution in [2.45, 2.75) is 51.2 Å². The predicted molar refractivity (Wildman–Crippen MR) is 138 cm³/mol. The number of anilines is 1. The Bertz CT molecular complexity index is 1070. The average Bonchev–Trinajstić information content (AvgIpc) is 2.91. The molecule has 1 unspecified atom stereocenters. The minimum atomic E-state index is -1.19. The van der Waals surface area contributed by atoms with Crippen molar-refractivity contribution in [2.75, 3.05) is 45.2 Å². The van der Waals surface area contributed by atoms with E-state index in [0.29, 0.717) is 19.7 Å². The molecule has 0 fully saturated rings. The molecule has 208 valence electrons. The molecular formula is C27H36F2N4O5. The summed E-state index contributed by atoms with van der Waals surface area (Å²) in [4.78, 5) is 30.7. The molecule has 0 aliphatic carbocycles. The number of carboxylic acids is 1. The highest BCUT2D eigenvalue weighted by atomic mass is 19.2. The van der Waals surface area contributed by atoms with Gasteiger partial charge < -0.3 is 30.1 Å². The molecule has 0 spiro atoms. The number of ether oxygens (including phenoxy) is 2. The zero-order valence-corrected chi connectivity index (χ0v) is 21.7. The van der Waals surface area contributed by atoms with Crippen LogP contribution in [0.3, 0.4) is 0 Å². The Morgan fingerprint density at radius 2 is 2.00 bits per heavy atom.